The number of unbranched alkanes of at least 4 members (excludes halogenated alkanes) is 1. The third-order valence-electron chi connectivity index (χ3n) is 8.25. The van der Waals surface area contributed by atoms with E-state index in [1.54, 1.807) is 31.7 Å². The zero-order chi connectivity index (χ0) is 34.2. The second-order valence-corrected chi connectivity index (χ2v) is 13.5. The van der Waals surface area contributed by atoms with Crippen molar-refractivity contribution >= 4 is 45.7 Å². The molecule has 4 aromatic rings. The molecular formula is C36H41FN6O5. The van der Waals surface area contributed by atoms with Gasteiger partial charge in [0.2, 0.25) is 5.43 Å². The Labute approximate surface area is 278 Å². The van der Waals surface area contributed by atoms with Crippen LogP contribution in [0.1, 0.15) is 50.4 Å². The number of pyridine rings is 1. The average Bonchev–Trinajstić information content (AvgIpc) is 3.47. The molecule has 252 valence electrons. The van der Waals surface area contributed by atoms with E-state index in [9.17, 15) is 14.4 Å². The molecule has 11 nitrogen and oxygen atoms in total. The van der Waals surface area contributed by atoms with Crippen LogP contribution in [0.3, 0.4) is 0 Å². The number of benzene rings is 3. The topological polar surface area (TPSA) is 118 Å². The minimum Gasteiger partial charge on any atom is -0.451 e. The van der Waals surface area contributed by atoms with Crippen LogP contribution in [0.25, 0.3) is 27.4 Å². The van der Waals surface area contributed by atoms with E-state index in [0.29, 0.717) is 56.0 Å². The van der Waals surface area contributed by atoms with E-state index in [-0.39, 0.29) is 28.4 Å². The Morgan fingerprint density at radius 3 is 2.62 bits per heavy atom. The smallest absolute Gasteiger partial charge is 0.407 e. The maximum Gasteiger partial charge on any atom is 0.407 e. The summed E-state index contributed by atoms with van der Waals surface area (Å²) in [6, 6.07) is 12.5. The predicted octanol–water partition coefficient (Wildman–Crippen LogP) is 5.59. The van der Waals surface area contributed by atoms with E-state index in [0.717, 1.165) is 17.2 Å². The van der Waals surface area contributed by atoms with Gasteiger partial charge in [-0.25, -0.2) is 9.18 Å². The maximum absolute atomic E-state index is 16.2. The van der Waals surface area contributed by atoms with Gasteiger partial charge in [-0.15, -0.1) is 0 Å². The number of nitrogens with zero attached hydrogens (tertiary/aromatic N) is 4. The Hall–Kier alpha value is -5.13. The summed E-state index contributed by atoms with van der Waals surface area (Å²) >= 11 is 0. The number of rotatable bonds is 9. The number of ether oxygens (including phenoxy) is 2. The highest BCUT2D eigenvalue weighted by Gasteiger charge is 2.34. The molecule has 2 aliphatic heterocycles. The van der Waals surface area contributed by atoms with E-state index in [1.165, 1.54) is 12.3 Å². The van der Waals surface area contributed by atoms with E-state index < -0.39 is 28.8 Å². The van der Waals surface area contributed by atoms with Crippen LogP contribution in [0.5, 0.6) is 11.5 Å². The Bertz CT molecular complexity index is 1980. The number of carbonyl (C=O) groups is 2. The first-order valence-electron chi connectivity index (χ1n) is 16.2. The second-order valence-electron chi connectivity index (χ2n) is 13.5. The highest BCUT2D eigenvalue weighted by atomic mass is 19.1. The molecule has 2 aliphatic rings. The molecule has 3 heterocycles. The number of amides is 2. The van der Waals surface area contributed by atoms with Crippen LogP contribution in [-0.4, -0.2) is 79.7 Å². The number of aromatic nitrogens is 1. The maximum atomic E-state index is 16.2. The lowest BCUT2D eigenvalue weighted by Crippen LogP contribution is -2.40. The van der Waals surface area contributed by atoms with Gasteiger partial charge in [0.15, 0.2) is 17.3 Å². The summed E-state index contributed by atoms with van der Waals surface area (Å²) in [5.74, 6) is -0.532. The molecule has 0 aliphatic carbocycles. The van der Waals surface area contributed by atoms with E-state index >= 15 is 4.39 Å². The highest BCUT2D eigenvalue weighted by molar-refractivity contribution is 6.02. The monoisotopic (exact) mass is 656 g/mol. The number of hydrogen-bond acceptors (Lipinski definition) is 7. The minimum atomic E-state index is -0.654. The molecule has 1 saturated heterocycles. The quantitative estimate of drug-likeness (QED) is 0.121. The van der Waals surface area contributed by atoms with Gasteiger partial charge in [-0.3, -0.25) is 14.6 Å². The lowest BCUT2D eigenvalue weighted by atomic mass is 10.0. The average molecular weight is 657 g/mol. The lowest BCUT2D eigenvalue weighted by Gasteiger charge is -2.29. The summed E-state index contributed by atoms with van der Waals surface area (Å²) in [6.07, 6.45) is 4.75. The first-order valence-corrected chi connectivity index (χ1v) is 16.2. The highest BCUT2D eigenvalue weighted by Crippen LogP contribution is 2.48. The van der Waals surface area contributed by atoms with Crippen molar-refractivity contribution in [3.63, 3.8) is 0 Å². The third-order valence-corrected chi connectivity index (χ3v) is 8.25. The third kappa shape index (κ3) is 6.78. The summed E-state index contributed by atoms with van der Waals surface area (Å²) < 4.78 is 29.9. The molecule has 0 radical (unpaired) electrons. The number of nitrogens with one attached hydrogen (secondary N) is 2. The largest absolute Gasteiger partial charge is 0.451 e. The van der Waals surface area contributed by atoms with Crippen molar-refractivity contribution < 1.29 is 23.5 Å². The zero-order valence-electron chi connectivity index (χ0n) is 27.9. The van der Waals surface area contributed by atoms with Crippen LogP contribution in [0.2, 0.25) is 0 Å². The normalized spacial score (nSPS) is 15.5. The molecule has 1 atom stereocenters. The fourth-order valence-corrected chi connectivity index (χ4v) is 6.15. The second kappa shape index (κ2) is 13.2. The van der Waals surface area contributed by atoms with Crippen molar-refractivity contribution in [1.29, 1.82) is 0 Å². The fraction of sp³-hybridized carbons (Fsp3) is 0.389. The number of anilines is 1. The van der Waals surface area contributed by atoms with Crippen LogP contribution < -0.4 is 25.7 Å². The Balaban J connectivity index is 1.37. The fourth-order valence-electron chi connectivity index (χ4n) is 6.15. The summed E-state index contributed by atoms with van der Waals surface area (Å²) in [7, 11) is 3.80. The molecule has 1 aromatic heterocycles. The summed E-state index contributed by atoms with van der Waals surface area (Å²) in [5, 5.41) is 7.64. The molecular weight excluding hydrogens is 615 g/mol. The van der Waals surface area contributed by atoms with Crippen molar-refractivity contribution in [1.82, 2.24) is 20.1 Å². The van der Waals surface area contributed by atoms with Gasteiger partial charge in [0.1, 0.15) is 22.4 Å². The van der Waals surface area contributed by atoms with E-state index in [1.807, 2.05) is 60.3 Å². The Kier molecular flexibility index (Phi) is 9.00. The number of aliphatic imine (C=N–C) groups is 1. The minimum absolute atomic E-state index is 0.0401. The van der Waals surface area contributed by atoms with Gasteiger partial charge >= 0.3 is 6.09 Å². The molecule has 2 N–H and O–H groups in total. The number of carbonyl (C=O) groups excluding carboxylic acids is 2. The van der Waals surface area contributed by atoms with Crippen molar-refractivity contribution in [2.24, 2.45) is 4.99 Å². The molecule has 48 heavy (non-hydrogen) atoms. The number of halogens is 1. The Morgan fingerprint density at radius 2 is 1.90 bits per heavy atom. The predicted molar refractivity (Wildman–Crippen MR) is 186 cm³/mol. The van der Waals surface area contributed by atoms with Crippen molar-refractivity contribution in [2.45, 2.75) is 51.7 Å². The molecule has 0 saturated carbocycles. The van der Waals surface area contributed by atoms with Crippen LogP contribution in [0.4, 0.5) is 14.9 Å². The van der Waals surface area contributed by atoms with Crippen molar-refractivity contribution in [3.05, 3.63) is 70.3 Å². The van der Waals surface area contributed by atoms with Crippen molar-refractivity contribution in [3.8, 4) is 17.2 Å². The van der Waals surface area contributed by atoms with Gasteiger partial charge in [-0.2, -0.15) is 0 Å². The van der Waals surface area contributed by atoms with Gasteiger partial charge in [-0.05, 0) is 69.0 Å². The van der Waals surface area contributed by atoms with E-state index in [2.05, 4.69) is 15.6 Å². The van der Waals surface area contributed by atoms with Crippen molar-refractivity contribution in [2.75, 3.05) is 45.2 Å². The molecule has 1 fully saturated rings. The summed E-state index contributed by atoms with van der Waals surface area (Å²) in [5.41, 5.74) is -0.129. The van der Waals surface area contributed by atoms with Crippen LogP contribution in [0.15, 0.2) is 58.4 Å². The Morgan fingerprint density at radius 1 is 1.15 bits per heavy atom. The van der Waals surface area contributed by atoms with Crippen LogP contribution in [-0.2, 0) is 4.74 Å². The molecule has 12 heteroatoms. The standard InChI is InChI=1S/C36H41FN6O5/c1-36(2,3)48-35(46)40-24-12-15-42(19-24)31-27(37)18-25-30-33(31)47-29-17-23-11-7-6-10-22(23)16-28(29)43(30)20-26(32(25)44)34(45)39-14-9-8-13-38-21-41(4)5/h6-7,10-11,16-18,20-21,24H,8-9,12-15,19H2,1-5H3,(H,39,45)(H,40,46)/b38-21+/t24-/m1/s1. The van der Waals surface area contributed by atoms with Gasteiger partial charge in [0, 0.05) is 46.5 Å². The first-order chi connectivity index (χ1) is 22.9. The molecule has 0 unspecified atom stereocenters. The van der Waals surface area contributed by atoms with Gasteiger partial charge in [0.25, 0.3) is 5.91 Å². The summed E-state index contributed by atoms with van der Waals surface area (Å²) in [4.78, 5) is 47.7. The zero-order valence-corrected chi connectivity index (χ0v) is 27.9. The SMILES string of the molecule is CN(C)/C=N/CCCCNC(=O)c1cn2c3c(c(N4CC[C@@H](NC(=O)OC(C)(C)C)C4)c(F)cc3c1=O)Oc1cc3ccccc3cc1-2. The lowest BCUT2D eigenvalue weighted by molar-refractivity contribution is 0.0508. The van der Waals surface area contributed by atoms with Crippen LogP contribution in [0, 0.1) is 5.82 Å². The number of fused-ring (bicyclic) bond motifs is 3. The van der Waals surface area contributed by atoms with Gasteiger partial charge in [0.05, 0.1) is 23.5 Å². The molecule has 0 bridgehead atoms. The van der Waals surface area contributed by atoms with Gasteiger partial charge in [-0.1, -0.05) is 24.3 Å². The van der Waals surface area contributed by atoms with E-state index in [4.69, 9.17) is 9.47 Å². The molecule has 3 aromatic carbocycles. The van der Waals surface area contributed by atoms with Gasteiger partial charge < -0.3 is 34.5 Å². The molecule has 6 rings (SSSR count). The first kappa shape index (κ1) is 32.8. The molecule has 2 amide bonds. The molecule has 0 spiro atoms. The number of hydrogen-bond donors (Lipinski definition) is 2. The van der Waals surface area contributed by atoms with Crippen LogP contribution >= 0.6 is 0 Å². The summed E-state index contributed by atoms with van der Waals surface area (Å²) in [6.45, 7) is 7.12. The number of alkyl carbamates (subject to hydrolysis) is 1.